The molecule has 0 aliphatic heterocycles. The van der Waals surface area contributed by atoms with E-state index in [4.69, 9.17) is 0 Å². The number of hydrogen-bond donors (Lipinski definition) is 1. The van der Waals surface area contributed by atoms with Crippen LogP contribution < -0.4 is 5.32 Å². The van der Waals surface area contributed by atoms with Crippen molar-refractivity contribution < 1.29 is 8.78 Å². The van der Waals surface area contributed by atoms with Crippen molar-refractivity contribution in [1.29, 1.82) is 0 Å². The maximum Gasteiger partial charge on any atom is 0.139 e. The summed E-state index contributed by atoms with van der Waals surface area (Å²) >= 11 is 1.40. The Morgan fingerprint density at radius 1 is 1.14 bits per heavy atom. The van der Waals surface area contributed by atoms with Crippen LogP contribution in [-0.2, 0) is 0 Å². The molecule has 2 aromatic carbocycles. The molecular formula is C17H19F2NS. The van der Waals surface area contributed by atoms with E-state index < -0.39 is 11.6 Å². The van der Waals surface area contributed by atoms with Crippen LogP contribution >= 0.6 is 11.8 Å². The van der Waals surface area contributed by atoms with Gasteiger partial charge in [0.15, 0.2) is 0 Å². The van der Waals surface area contributed by atoms with Gasteiger partial charge in [0.25, 0.3) is 0 Å². The number of aryl methyl sites for hydroxylation is 1. The van der Waals surface area contributed by atoms with E-state index >= 15 is 0 Å². The molecule has 0 aromatic heterocycles. The summed E-state index contributed by atoms with van der Waals surface area (Å²) in [7, 11) is 0. The lowest BCUT2D eigenvalue weighted by Crippen LogP contribution is -2.23. The number of benzene rings is 2. The number of nitrogens with one attached hydrogen (secondary N) is 1. The SMILES string of the molecule is CCNC(CSc1ccc(F)cc1F)c1ccccc1C. The van der Waals surface area contributed by atoms with Crippen molar-refractivity contribution in [2.75, 3.05) is 12.3 Å². The highest BCUT2D eigenvalue weighted by Crippen LogP contribution is 2.28. The Labute approximate surface area is 128 Å². The minimum Gasteiger partial charge on any atom is -0.309 e. The molecule has 0 radical (unpaired) electrons. The third kappa shape index (κ3) is 4.29. The van der Waals surface area contributed by atoms with Gasteiger partial charge in [0.05, 0.1) is 0 Å². The first-order valence-electron chi connectivity index (χ1n) is 6.98. The predicted octanol–water partition coefficient (Wildman–Crippen LogP) is 4.72. The molecular weight excluding hydrogens is 288 g/mol. The second-order valence-corrected chi connectivity index (χ2v) is 5.91. The van der Waals surface area contributed by atoms with Crippen molar-refractivity contribution in [2.45, 2.75) is 24.8 Å². The van der Waals surface area contributed by atoms with Crippen LogP contribution in [-0.4, -0.2) is 12.3 Å². The summed E-state index contributed by atoms with van der Waals surface area (Å²) in [5, 5.41) is 3.42. The first-order chi connectivity index (χ1) is 10.1. The molecule has 2 aromatic rings. The summed E-state index contributed by atoms with van der Waals surface area (Å²) in [6, 6.07) is 12.0. The topological polar surface area (TPSA) is 12.0 Å². The van der Waals surface area contributed by atoms with E-state index in [1.807, 2.05) is 12.1 Å². The Bertz CT molecular complexity index is 601. The molecule has 0 bridgehead atoms. The lowest BCUT2D eigenvalue weighted by Gasteiger charge is -2.20. The minimum absolute atomic E-state index is 0.144. The molecule has 1 atom stereocenters. The maximum atomic E-state index is 13.7. The molecule has 1 unspecified atom stereocenters. The summed E-state index contributed by atoms with van der Waals surface area (Å²) in [5.74, 6) is -0.347. The molecule has 0 aliphatic rings. The summed E-state index contributed by atoms with van der Waals surface area (Å²) in [6.07, 6.45) is 0. The standard InChI is InChI=1S/C17H19F2NS/c1-3-20-16(14-7-5-4-6-12(14)2)11-21-17-9-8-13(18)10-15(17)19/h4-10,16,20H,3,11H2,1-2H3. The van der Waals surface area contributed by atoms with Crippen LogP contribution in [0.5, 0.6) is 0 Å². The molecule has 0 amide bonds. The smallest absolute Gasteiger partial charge is 0.139 e. The Kier molecular flexibility index (Phi) is 5.76. The Morgan fingerprint density at radius 3 is 2.57 bits per heavy atom. The molecule has 112 valence electrons. The third-order valence-electron chi connectivity index (χ3n) is 3.31. The van der Waals surface area contributed by atoms with Gasteiger partial charge in [-0.2, -0.15) is 0 Å². The van der Waals surface area contributed by atoms with Gasteiger partial charge >= 0.3 is 0 Å². The normalized spacial score (nSPS) is 12.4. The van der Waals surface area contributed by atoms with Gasteiger partial charge in [-0.1, -0.05) is 31.2 Å². The second-order valence-electron chi connectivity index (χ2n) is 4.85. The van der Waals surface area contributed by atoms with E-state index in [0.717, 1.165) is 12.6 Å². The highest BCUT2D eigenvalue weighted by molar-refractivity contribution is 7.99. The molecule has 0 heterocycles. The fourth-order valence-electron chi connectivity index (χ4n) is 2.25. The van der Waals surface area contributed by atoms with Crippen molar-refractivity contribution >= 4 is 11.8 Å². The van der Waals surface area contributed by atoms with Crippen LogP contribution in [0.15, 0.2) is 47.4 Å². The average Bonchev–Trinajstić information content (AvgIpc) is 2.46. The predicted molar refractivity (Wildman–Crippen MR) is 84.7 cm³/mol. The van der Waals surface area contributed by atoms with Gasteiger partial charge in [-0.15, -0.1) is 11.8 Å². The van der Waals surface area contributed by atoms with Gasteiger partial charge in [0, 0.05) is 22.8 Å². The van der Waals surface area contributed by atoms with Crippen molar-refractivity contribution in [3.05, 3.63) is 65.2 Å². The Balaban J connectivity index is 2.12. The molecule has 4 heteroatoms. The van der Waals surface area contributed by atoms with Crippen molar-refractivity contribution in [2.24, 2.45) is 0 Å². The number of thioether (sulfide) groups is 1. The summed E-state index contributed by atoms with van der Waals surface area (Å²) in [6.45, 7) is 4.96. The van der Waals surface area contributed by atoms with Gasteiger partial charge < -0.3 is 5.32 Å². The van der Waals surface area contributed by atoms with Gasteiger partial charge in [-0.25, -0.2) is 8.78 Å². The lowest BCUT2D eigenvalue weighted by molar-refractivity contribution is 0.564. The average molecular weight is 307 g/mol. The first-order valence-corrected chi connectivity index (χ1v) is 7.97. The fourth-order valence-corrected chi connectivity index (χ4v) is 3.25. The number of halogens is 2. The molecule has 0 saturated heterocycles. The van der Waals surface area contributed by atoms with E-state index in [0.29, 0.717) is 10.6 Å². The monoisotopic (exact) mass is 307 g/mol. The quantitative estimate of drug-likeness (QED) is 0.775. The highest BCUT2D eigenvalue weighted by Gasteiger charge is 2.14. The van der Waals surface area contributed by atoms with Crippen LogP contribution in [0.1, 0.15) is 24.1 Å². The summed E-state index contributed by atoms with van der Waals surface area (Å²) in [5.41, 5.74) is 2.43. The number of rotatable bonds is 6. The second kappa shape index (κ2) is 7.57. The molecule has 0 saturated carbocycles. The molecule has 1 nitrogen and oxygen atoms in total. The van der Waals surface area contributed by atoms with E-state index in [9.17, 15) is 8.78 Å². The van der Waals surface area contributed by atoms with Crippen LogP contribution in [0.25, 0.3) is 0 Å². The highest BCUT2D eigenvalue weighted by atomic mass is 32.2. The van der Waals surface area contributed by atoms with E-state index in [2.05, 4.69) is 31.3 Å². The van der Waals surface area contributed by atoms with E-state index in [1.54, 1.807) is 0 Å². The van der Waals surface area contributed by atoms with Crippen LogP contribution in [0.4, 0.5) is 8.78 Å². The van der Waals surface area contributed by atoms with Crippen molar-refractivity contribution in [1.82, 2.24) is 5.32 Å². The van der Waals surface area contributed by atoms with Crippen LogP contribution in [0, 0.1) is 18.6 Å². The van der Waals surface area contributed by atoms with Crippen LogP contribution in [0.2, 0.25) is 0 Å². The van der Waals surface area contributed by atoms with Crippen molar-refractivity contribution in [3.63, 3.8) is 0 Å². The number of hydrogen-bond acceptors (Lipinski definition) is 2. The van der Waals surface area contributed by atoms with Gasteiger partial charge in [0.2, 0.25) is 0 Å². The molecule has 21 heavy (non-hydrogen) atoms. The largest absolute Gasteiger partial charge is 0.309 e. The zero-order valence-electron chi connectivity index (χ0n) is 12.2. The Morgan fingerprint density at radius 2 is 1.90 bits per heavy atom. The summed E-state index contributed by atoms with van der Waals surface area (Å²) in [4.78, 5) is 0.480. The van der Waals surface area contributed by atoms with Crippen LogP contribution in [0.3, 0.4) is 0 Å². The zero-order valence-corrected chi connectivity index (χ0v) is 13.0. The van der Waals surface area contributed by atoms with Crippen molar-refractivity contribution in [3.8, 4) is 0 Å². The van der Waals surface area contributed by atoms with E-state index in [-0.39, 0.29) is 6.04 Å². The van der Waals surface area contributed by atoms with Gasteiger partial charge in [-0.05, 0) is 36.7 Å². The summed E-state index contributed by atoms with van der Waals surface area (Å²) < 4.78 is 26.6. The lowest BCUT2D eigenvalue weighted by atomic mass is 10.0. The molecule has 0 fully saturated rings. The fraction of sp³-hybridized carbons (Fsp3) is 0.294. The van der Waals surface area contributed by atoms with Gasteiger partial charge in [-0.3, -0.25) is 0 Å². The van der Waals surface area contributed by atoms with E-state index in [1.165, 1.54) is 35.0 Å². The molecule has 2 rings (SSSR count). The van der Waals surface area contributed by atoms with Gasteiger partial charge in [0.1, 0.15) is 11.6 Å². The zero-order chi connectivity index (χ0) is 15.2. The third-order valence-corrected chi connectivity index (χ3v) is 4.46. The maximum absolute atomic E-state index is 13.7. The molecule has 0 spiro atoms. The Hall–Kier alpha value is -1.39. The first kappa shape index (κ1) is 16.0. The molecule has 0 aliphatic carbocycles. The molecule has 1 N–H and O–H groups in total. The minimum atomic E-state index is -0.543.